The van der Waals surface area contributed by atoms with Crippen LogP contribution in [0.1, 0.15) is 33.3 Å². The van der Waals surface area contributed by atoms with Crippen molar-refractivity contribution in [3.05, 3.63) is 35.4 Å². The van der Waals surface area contributed by atoms with E-state index in [1.807, 2.05) is 0 Å². The first-order chi connectivity index (χ1) is 8.34. The Balaban J connectivity index is 2.89. The zero-order valence-corrected chi connectivity index (χ0v) is 11.6. The van der Waals surface area contributed by atoms with Gasteiger partial charge in [0.15, 0.2) is 0 Å². The van der Waals surface area contributed by atoms with Gasteiger partial charge in [-0.3, -0.25) is 0 Å². The van der Waals surface area contributed by atoms with Crippen molar-refractivity contribution in [2.75, 3.05) is 0 Å². The molecule has 0 aliphatic rings. The Hall–Kier alpha value is -0.960. The zero-order chi connectivity index (χ0) is 13.9. The monoisotopic (exact) mass is 255 g/mol. The molecule has 0 heterocycles. The Morgan fingerprint density at radius 2 is 1.44 bits per heavy atom. The van der Waals surface area contributed by atoms with Crippen LogP contribution in [0.5, 0.6) is 0 Å². The van der Waals surface area contributed by atoms with Gasteiger partial charge in [-0.05, 0) is 36.3 Å². The van der Waals surface area contributed by atoms with E-state index in [0.717, 1.165) is 0 Å². The molecule has 0 saturated heterocycles. The fourth-order valence-corrected chi connectivity index (χ4v) is 2.86. The van der Waals surface area contributed by atoms with E-state index in [0.29, 0.717) is 11.8 Å². The summed E-state index contributed by atoms with van der Waals surface area (Å²) >= 11 is 0. The van der Waals surface area contributed by atoms with Gasteiger partial charge >= 0.3 is 0 Å². The maximum Gasteiger partial charge on any atom is 0.129 e. The van der Waals surface area contributed by atoms with E-state index in [9.17, 15) is 8.78 Å². The van der Waals surface area contributed by atoms with Crippen molar-refractivity contribution in [2.45, 2.75) is 40.2 Å². The molecule has 0 radical (unpaired) electrons. The summed E-state index contributed by atoms with van der Waals surface area (Å²) in [6, 6.07) is 3.72. The molecular formula is C15H23F2N. The third-order valence-corrected chi connectivity index (χ3v) is 3.54. The van der Waals surface area contributed by atoms with Gasteiger partial charge in [0.2, 0.25) is 0 Å². The molecule has 0 aliphatic carbocycles. The van der Waals surface area contributed by atoms with Gasteiger partial charge < -0.3 is 5.73 Å². The first-order valence-corrected chi connectivity index (χ1v) is 6.53. The highest BCUT2D eigenvalue weighted by molar-refractivity contribution is 5.21. The topological polar surface area (TPSA) is 26.0 Å². The maximum absolute atomic E-state index is 13.6. The highest BCUT2D eigenvalue weighted by Gasteiger charge is 2.26. The molecule has 18 heavy (non-hydrogen) atoms. The maximum atomic E-state index is 13.6. The summed E-state index contributed by atoms with van der Waals surface area (Å²) in [6.45, 7) is 8.40. The average Bonchev–Trinajstić information content (AvgIpc) is 2.22. The fourth-order valence-electron chi connectivity index (χ4n) is 2.86. The van der Waals surface area contributed by atoms with E-state index in [-0.39, 0.29) is 23.9 Å². The van der Waals surface area contributed by atoms with Gasteiger partial charge in [-0.15, -0.1) is 0 Å². The SMILES string of the molecule is CC(C)C(C(C)C)C(N)Cc1c(F)cccc1F. The predicted octanol–water partition coefficient (Wildman–Crippen LogP) is 3.76. The van der Waals surface area contributed by atoms with Gasteiger partial charge in [-0.25, -0.2) is 8.78 Å². The normalized spacial score (nSPS) is 13.7. The smallest absolute Gasteiger partial charge is 0.129 e. The second-order valence-corrected chi connectivity index (χ2v) is 5.63. The van der Waals surface area contributed by atoms with Crippen molar-refractivity contribution < 1.29 is 8.78 Å². The number of nitrogens with two attached hydrogens (primary N) is 1. The lowest BCUT2D eigenvalue weighted by molar-refractivity contribution is 0.235. The minimum Gasteiger partial charge on any atom is -0.327 e. The summed E-state index contributed by atoms with van der Waals surface area (Å²) in [4.78, 5) is 0. The lowest BCUT2D eigenvalue weighted by atomic mass is 9.78. The number of benzene rings is 1. The minimum absolute atomic E-state index is 0.108. The highest BCUT2D eigenvalue weighted by Crippen LogP contribution is 2.26. The van der Waals surface area contributed by atoms with Crippen LogP contribution in [-0.4, -0.2) is 6.04 Å². The Bertz CT molecular complexity index is 360. The molecule has 0 aromatic heterocycles. The third kappa shape index (κ3) is 3.52. The quantitative estimate of drug-likeness (QED) is 0.851. The van der Waals surface area contributed by atoms with E-state index in [1.165, 1.54) is 18.2 Å². The van der Waals surface area contributed by atoms with Gasteiger partial charge in [0, 0.05) is 11.6 Å². The molecule has 0 fully saturated rings. The van der Waals surface area contributed by atoms with Crippen LogP contribution in [0.25, 0.3) is 0 Å². The lowest BCUT2D eigenvalue weighted by Gasteiger charge is -2.31. The van der Waals surface area contributed by atoms with E-state index < -0.39 is 11.6 Å². The molecule has 1 atom stereocenters. The molecular weight excluding hydrogens is 232 g/mol. The van der Waals surface area contributed by atoms with Crippen molar-refractivity contribution >= 4 is 0 Å². The Morgan fingerprint density at radius 1 is 1.00 bits per heavy atom. The first kappa shape index (κ1) is 15.1. The largest absolute Gasteiger partial charge is 0.327 e. The van der Waals surface area contributed by atoms with E-state index in [1.54, 1.807) is 0 Å². The van der Waals surface area contributed by atoms with Crippen molar-refractivity contribution in [1.82, 2.24) is 0 Å². The van der Waals surface area contributed by atoms with Crippen molar-refractivity contribution in [3.8, 4) is 0 Å². The number of hydrogen-bond donors (Lipinski definition) is 1. The average molecular weight is 255 g/mol. The van der Waals surface area contributed by atoms with Crippen LogP contribution >= 0.6 is 0 Å². The summed E-state index contributed by atoms with van der Waals surface area (Å²) < 4.78 is 27.2. The molecule has 1 rings (SSSR count). The van der Waals surface area contributed by atoms with Crippen molar-refractivity contribution in [3.63, 3.8) is 0 Å². The Kier molecular flexibility index (Phi) is 5.27. The molecule has 1 aromatic rings. The van der Waals surface area contributed by atoms with Crippen LogP contribution in [0.15, 0.2) is 18.2 Å². The summed E-state index contributed by atoms with van der Waals surface area (Å²) in [5, 5.41) is 0. The molecule has 0 amide bonds. The second kappa shape index (κ2) is 6.28. The standard InChI is InChI=1S/C15H23F2N/c1-9(2)15(10(3)4)14(18)8-11-12(16)6-5-7-13(11)17/h5-7,9-10,14-15H,8,18H2,1-4H3. The molecule has 0 bridgehead atoms. The minimum atomic E-state index is -0.503. The van der Waals surface area contributed by atoms with Crippen LogP contribution in [-0.2, 0) is 6.42 Å². The third-order valence-electron chi connectivity index (χ3n) is 3.54. The summed E-state index contributed by atoms with van der Waals surface area (Å²) in [7, 11) is 0. The van der Waals surface area contributed by atoms with E-state index in [2.05, 4.69) is 27.7 Å². The van der Waals surface area contributed by atoms with E-state index in [4.69, 9.17) is 5.73 Å². The highest BCUT2D eigenvalue weighted by atomic mass is 19.1. The molecule has 2 N–H and O–H groups in total. The Labute approximate surface area is 108 Å². The summed E-state index contributed by atoms with van der Waals surface area (Å²) in [5.41, 5.74) is 6.26. The van der Waals surface area contributed by atoms with Gasteiger partial charge in [-0.1, -0.05) is 33.8 Å². The summed E-state index contributed by atoms with van der Waals surface area (Å²) in [6.07, 6.45) is 0.250. The number of rotatable bonds is 5. The number of hydrogen-bond acceptors (Lipinski definition) is 1. The number of halogens is 2. The lowest BCUT2D eigenvalue weighted by Crippen LogP contribution is -2.39. The van der Waals surface area contributed by atoms with Crippen LogP contribution in [0.2, 0.25) is 0 Å². The second-order valence-electron chi connectivity index (χ2n) is 5.63. The van der Waals surface area contributed by atoms with Gasteiger partial charge in [0.1, 0.15) is 11.6 Å². The van der Waals surface area contributed by atoms with Crippen molar-refractivity contribution in [1.29, 1.82) is 0 Å². The Morgan fingerprint density at radius 3 is 1.83 bits per heavy atom. The molecule has 3 heteroatoms. The van der Waals surface area contributed by atoms with Gasteiger partial charge in [0.25, 0.3) is 0 Å². The van der Waals surface area contributed by atoms with Crippen molar-refractivity contribution in [2.24, 2.45) is 23.5 Å². The first-order valence-electron chi connectivity index (χ1n) is 6.53. The van der Waals surface area contributed by atoms with Crippen LogP contribution < -0.4 is 5.73 Å². The molecule has 102 valence electrons. The molecule has 1 aromatic carbocycles. The zero-order valence-electron chi connectivity index (χ0n) is 11.6. The fraction of sp³-hybridized carbons (Fsp3) is 0.600. The van der Waals surface area contributed by atoms with Gasteiger partial charge in [0.05, 0.1) is 0 Å². The molecule has 0 saturated carbocycles. The molecule has 0 spiro atoms. The van der Waals surface area contributed by atoms with Crippen LogP contribution in [0, 0.1) is 29.4 Å². The molecule has 1 nitrogen and oxygen atoms in total. The van der Waals surface area contributed by atoms with Gasteiger partial charge in [-0.2, -0.15) is 0 Å². The molecule has 0 aliphatic heterocycles. The molecule has 1 unspecified atom stereocenters. The predicted molar refractivity (Wildman–Crippen MR) is 71.2 cm³/mol. The summed E-state index contributed by atoms with van der Waals surface area (Å²) in [5.74, 6) is 0.0436. The van der Waals surface area contributed by atoms with Crippen LogP contribution in [0.3, 0.4) is 0 Å². The van der Waals surface area contributed by atoms with Crippen LogP contribution in [0.4, 0.5) is 8.78 Å². The van der Waals surface area contributed by atoms with E-state index >= 15 is 0 Å².